The maximum absolute atomic E-state index is 12.8. The number of alkyl halides is 3. The molecule has 1 amide bonds. The van der Waals surface area contributed by atoms with Crippen molar-refractivity contribution in [2.24, 2.45) is 0 Å². The van der Waals surface area contributed by atoms with Crippen molar-refractivity contribution in [2.45, 2.75) is 13.1 Å². The molecule has 1 aliphatic rings. The lowest BCUT2D eigenvalue weighted by Crippen LogP contribution is -2.45. The van der Waals surface area contributed by atoms with Crippen LogP contribution in [-0.2, 0) is 11.0 Å². The van der Waals surface area contributed by atoms with E-state index in [2.05, 4.69) is 11.6 Å². The molecule has 0 aromatic carbocycles. The second-order valence-corrected chi connectivity index (χ2v) is 6.52. The Morgan fingerprint density at radius 3 is 2.54 bits per heavy atom. The van der Waals surface area contributed by atoms with Crippen LogP contribution in [0.3, 0.4) is 0 Å². The number of carbonyl (C=O) groups excluding carboxylic acids is 1. The van der Waals surface area contributed by atoms with E-state index in [0.29, 0.717) is 29.9 Å². The summed E-state index contributed by atoms with van der Waals surface area (Å²) in [5.41, 5.74) is 1.18. The Balaban J connectivity index is 2.56. The number of hydrogen-bond donors (Lipinski definition) is 0. The number of pyridine rings is 1. The predicted molar refractivity (Wildman–Crippen MR) is 95.4 cm³/mol. The number of amides is 1. The summed E-state index contributed by atoms with van der Waals surface area (Å²) in [7, 11) is 3.47. The van der Waals surface area contributed by atoms with Crippen LogP contribution in [0.1, 0.15) is 18.2 Å². The number of nitrogens with zero attached hydrogens (tertiary/aromatic N) is 3. The summed E-state index contributed by atoms with van der Waals surface area (Å²) in [6.07, 6.45) is -0.496. The number of halogens is 4. The fourth-order valence-electron chi connectivity index (χ4n) is 2.51. The molecule has 4 nitrogen and oxygen atoms in total. The van der Waals surface area contributed by atoms with E-state index in [0.717, 1.165) is 12.3 Å². The number of piperazine rings is 1. The van der Waals surface area contributed by atoms with Gasteiger partial charge in [-0.1, -0.05) is 24.3 Å². The fraction of sp³-hybridized carbons (Fsp3) is 0.333. The molecule has 0 atom stereocenters. The first kappa shape index (κ1) is 20.2. The largest absolute Gasteiger partial charge is 0.417 e. The summed E-state index contributed by atoms with van der Waals surface area (Å²) in [6.45, 7) is 6.27. The van der Waals surface area contributed by atoms with Crippen molar-refractivity contribution in [3.05, 3.63) is 58.5 Å². The second-order valence-electron chi connectivity index (χ2n) is 6.11. The third kappa shape index (κ3) is 4.34. The van der Waals surface area contributed by atoms with Crippen molar-refractivity contribution in [1.82, 2.24) is 14.8 Å². The zero-order chi connectivity index (χ0) is 19.6. The molecule has 1 aliphatic heterocycles. The predicted octanol–water partition coefficient (Wildman–Crippen LogP) is 4.00. The minimum absolute atomic E-state index is 0.0768. The van der Waals surface area contributed by atoms with Gasteiger partial charge in [-0.3, -0.25) is 14.7 Å². The molecule has 1 aromatic heterocycles. The van der Waals surface area contributed by atoms with E-state index < -0.39 is 11.7 Å². The number of allylic oxidation sites excluding steroid dienone is 4. The van der Waals surface area contributed by atoms with Crippen LogP contribution in [0.15, 0.2) is 42.3 Å². The maximum atomic E-state index is 12.8. The van der Waals surface area contributed by atoms with Crippen molar-refractivity contribution in [3.8, 4) is 0 Å². The Morgan fingerprint density at radius 1 is 1.35 bits per heavy atom. The normalized spacial score (nSPS) is 19.0. The van der Waals surface area contributed by atoms with Gasteiger partial charge in [-0.05, 0) is 31.7 Å². The van der Waals surface area contributed by atoms with Gasteiger partial charge in [0, 0.05) is 31.1 Å². The molecule has 0 spiro atoms. The van der Waals surface area contributed by atoms with Gasteiger partial charge in [0.15, 0.2) is 0 Å². The summed E-state index contributed by atoms with van der Waals surface area (Å²) in [5, 5.41) is -0.119. The molecule has 1 aromatic rings. The van der Waals surface area contributed by atoms with Gasteiger partial charge in [-0.15, -0.1) is 0 Å². The first-order valence-electron chi connectivity index (χ1n) is 7.76. The van der Waals surface area contributed by atoms with Crippen LogP contribution in [0.5, 0.6) is 0 Å². The topological polar surface area (TPSA) is 36.4 Å². The first-order chi connectivity index (χ1) is 12.0. The van der Waals surface area contributed by atoms with Crippen molar-refractivity contribution in [2.75, 3.05) is 27.2 Å². The molecule has 0 saturated carbocycles. The quantitative estimate of drug-likeness (QED) is 0.738. The number of aromatic nitrogens is 1. The van der Waals surface area contributed by atoms with Crippen molar-refractivity contribution >= 4 is 23.1 Å². The molecule has 0 unspecified atom stereocenters. The Morgan fingerprint density at radius 2 is 2.00 bits per heavy atom. The third-order valence-corrected chi connectivity index (χ3v) is 4.40. The monoisotopic (exact) mass is 385 g/mol. The number of rotatable bonds is 3. The molecule has 0 radical (unpaired) electrons. The number of likely N-dealkylation sites (N-methyl/N-ethyl adjacent to an activating group) is 2. The first-order valence-corrected chi connectivity index (χ1v) is 8.14. The Bertz CT molecular complexity index is 799. The summed E-state index contributed by atoms with van der Waals surface area (Å²) in [4.78, 5) is 19.3. The highest BCUT2D eigenvalue weighted by molar-refractivity contribution is 6.32. The van der Waals surface area contributed by atoms with Crippen LogP contribution in [-0.4, -0.2) is 47.9 Å². The smallest absolute Gasteiger partial charge is 0.317 e. The summed E-state index contributed by atoms with van der Waals surface area (Å²) < 4.78 is 38.5. The van der Waals surface area contributed by atoms with E-state index in [9.17, 15) is 18.0 Å². The van der Waals surface area contributed by atoms with E-state index >= 15 is 0 Å². The van der Waals surface area contributed by atoms with Crippen molar-refractivity contribution < 1.29 is 18.0 Å². The second kappa shape index (κ2) is 7.63. The molecule has 26 heavy (non-hydrogen) atoms. The molecule has 0 bridgehead atoms. The van der Waals surface area contributed by atoms with E-state index in [4.69, 9.17) is 11.6 Å². The van der Waals surface area contributed by atoms with Crippen molar-refractivity contribution in [3.63, 3.8) is 0 Å². The molecule has 1 saturated heterocycles. The lowest BCUT2D eigenvalue weighted by atomic mass is 10.0. The minimum atomic E-state index is -4.52. The Hall–Kier alpha value is -2.12. The SMILES string of the molecule is C=C/C(C)=C(\C=C1/CN(C)CC(=O)N1C)c1ncc(C(F)(F)F)cc1Cl. The Labute approximate surface area is 155 Å². The zero-order valence-electron chi connectivity index (χ0n) is 14.7. The van der Waals surface area contributed by atoms with E-state index in [-0.39, 0.29) is 16.6 Å². The molecule has 1 fully saturated rings. The summed E-state index contributed by atoms with van der Waals surface area (Å²) in [5.74, 6) is -0.0768. The summed E-state index contributed by atoms with van der Waals surface area (Å²) in [6, 6.07) is 0.848. The number of carbonyl (C=O) groups is 1. The van der Waals surface area contributed by atoms with E-state index in [1.807, 2.05) is 11.9 Å². The van der Waals surface area contributed by atoms with Crippen LogP contribution in [0, 0.1) is 0 Å². The molecule has 0 N–H and O–H groups in total. The minimum Gasteiger partial charge on any atom is -0.317 e. The van der Waals surface area contributed by atoms with Gasteiger partial charge in [0.2, 0.25) is 5.91 Å². The Kier molecular flexibility index (Phi) is 5.93. The highest BCUT2D eigenvalue weighted by atomic mass is 35.5. The van der Waals surface area contributed by atoms with Gasteiger partial charge in [-0.25, -0.2) is 0 Å². The van der Waals surface area contributed by atoms with E-state index in [1.165, 1.54) is 4.90 Å². The average Bonchev–Trinajstić information content (AvgIpc) is 2.55. The molecule has 0 aliphatic carbocycles. The standard InChI is InChI=1S/C18H19ClF3N3O/c1-5-11(2)14(7-13-9-24(3)10-16(26)25(13)4)17-15(19)6-12(8-23-17)18(20,21)22/h5-8H,1,9-10H2,2-4H3/b13-7+,14-11+. The molecule has 2 rings (SSSR count). The fourth-order valence-corrected chi connectivity index (χ4v) is 2.78. The lowest BCUT2D eigenvalue weighted by molar-refractivity contribution is -0.137. The van der Waals surface area contributed by atoms with Crippen LogP contribution in [0.2, 0.25) is 5.02 Å². The van der Waals surface area contributed by atoms with E-state index in [1.54, 1.807) is 26.1 Å². The lowest BCUT2D eigenvalue weighted by Gasteiger charge is -2.32. The van der Waals surface area contributed by atoms with Crippen LogP contribution < -0.4 is 0 Å². The van der Waals surface area contributed by atoms with Crippen molar-refractivity contribution in [1.29, 1.82) is 0 Å². The van der Waals surface area contributed by atoms with Crippen LogP contribution in [0.4, 0.5) is 13.2 Å². The van der Waals surface area contributed by atoms with Gasteiger partial charge in [0.25, 0.3) is 0 Å². The highest BCUT2D eigenvalue weighted by Crippen LogP contribution is 2.34. The molecule has 140 valence electrons. The van der Waals surface area contributed by atoms with Gasteiger partial charge < -0.3 is 4.90 Å². The number of hydrogen-bond acceptors (Lipinski definition) is 3. The highest BCUT2D eigenvalue weighted by Gasteiger charge is 2.32. The van der Waals surface area contributed by atoms with Gasteiger partial charge in [0.05, 0.1) is 22.8 Å². The zero-order valence-corrected chi connectivity index (χ0v) is 15.4. The third-order valence-electron chi connectivity index (χ3n) is 4.11. The van der Waals surface area contributed by atoms with Gasteiger partial charge in [0.1, 0.15) is 0 Å². The maximum Gasteiger partial charge on any atom is 0.417 e. The van der Waals surface area contributed by atoms with Gasteiger partial charge in [-0.2, -0.15) is 13.2 Å². The molecule has 2 heterocycles. The molecular weight excluding hydrogens is 367 g/mol. The van der Waals surface area contributed by atoms with Crippen LogP contribution >= 0.6 is 11.6 Å². The van der Waals surface area contributed by atoms with Gasteiger partial charge >= 0.3 is 6.18 Å². The van der Waals surface area contributed by atoms with Crippen LogP contribution in [0.25, 0.3) is 5.57 Å². The molecular formula is C18H19ClF3N3O. The summed E-state index contributed by atoms with van der Waals surface area (Å²) >= 11 is 6.09. The average molecular weight is 386 g/mol. The molecule has 8 heteroatoms.